The van der Waals surface area contributed by atoms with Crippen LogP contribution in [0.4, 0.5) is 0 Å². The maximum absolute atomic E-state index is 13.5. The van der Waals surface area contributed by atoms with Gasteiger partial charge in [-0.25, -0.2) is 0 Å². The molecular formula is C29H33IN2O7. The lowest BCUT2D eigenvalue weighted by Gasteiger charge is -2.41. The molecule has 0 heterocycles. The number of hydrogen-bond acceptors (Lipinski definition) is 7. The maximum atomic E-state index is 13.5. The molecule has 0 spiro atoms. The summed E-state index contributed by atoms with van der Waals surface area (Å²) in [5, 5.41) is 23.5. The van der Waals surface area contributed by atoms with E-state index in [4.69, 9.17) is 9.47 Å². The van der Waals surface area contributed by atoms with Gasteiger partial charge in [-0.15, -0.1) is 0 Å². The lowest BCUT2D eigenvalue weighted by atomic mass is 9.87. The van der Waals surface area contributed by atoms with Gasteiger partial charge in [0.2, 0.25) is 11.8 Å². The van der Waals surface area contributed by atoms with Crippen molar-refractivity contribution < 1.29 is 34.1 Å². The first kappa shape index (κ1) is 29.0. The van der Waals surface area contributed by atoms with Crippen molar-refractivity contribution in [1.29, 1.82) is 0 Å². The summed E-state index contributed by atoms with van der Waals surface area (Å²) >= 11 is 2.02. The quantitative estimate of drug-likeness (QED) is 0.253. The zero-order valence-corrected chi connectivity index (χ0v) is 24.1. The van der Waals surface area contributed by atoms with Crippen LogP contribution >= 0.6 is 22.6 Å². The van der Waals surface area contributed by atoms with E-state index < -0.39 is 24.2 Å². The van der Waals surface area contributed by atoms with Crippen LogP contribution in [-0.4, -0.2) is 71.7 Å². The second kappa shape index (κ2) is 12.9. The van der Waals surface area contributed by atoms with E-state index in [0.717, 1.165) is 24.0 Å². The molecule has 3 atom stereocenters. The second-order valence-electron chi connectivity index (χ2n) is 9.89. The fourth-order valence-corrected chi connectivity index (χ4v) is 5.40. The van der Waals surface area contributed by atoms with Crippen molar-refractivity contribution in [2.24, 2.45) is 5.92 Å². The van der Waals surface area contributed by atoms with Gasteiger partial charge >= 0.3 is 0 Å². The molecular weight excluding hydrogens is 615 g/mol. The first-order valence-electron chi connectivity index (χ1n) is 12.9. The maximum Gasteiger partial charge on any atom is 0.247 e. The number of hydrogen-bond donors (Lipinski definition) is 3. The molecule has 1 fully saturated rings. The molecule has 208 valence electrons. The first-order chi connectivity index (χ1) is 18.7. The fraction of sp³-hybridized carbons (Fsp3) is 0.414. The Labute approximate surface area is 241 Å². The Bertz CT molecular complexity index is 1240. The smallest absolute Gasteiger partial charge is 0.247 e. The number of methoxy groups -OCH3 is 1. The van der Waals surface area contributed by atoms with Gasteiger partial charge in [0.05, 0.1) is 23.3 Å². The van der Waals surface area contributed by atoms with E-state index in [2.05, 4.69) is 5.32 Å². The molecule has 2 aliphatic carbocycles. The van der Waals surface area contributed by atoms with Crippen LogP contribution in [0.1, 0.15) is 40.7 Å². The topological polar surface area (TPSA) is 125 Å². The normalized spacial score (nSPS) is 20.5. The third kappa shape index (κ3) is 6.98. The number of benzene rings is 2. The molecule has 2 amide bonds. The second-order valence-corrected chi connectivity index (χ2v) is 11.1. The summed E-state index contributed by atoms with van der Waals surface area (Å²) in [6.45, 7) is 2.12. The summed E-state index contributed by atoms with van der Waals surface area (Å²) < 4.78 is 12.3. The van der Waals surface area contributed by atoms with Gasteiger partial charge in [-0.3, -0.25) is 14.4 Å². The van der Waals surface area contributed by atoms with Crippen LogP contribution in [0.2, 0.25) is 0 Å². The summed E-state index contributed by atoms with van der Waals surface area (Å²) in [4.78, 5) is 39.6. The minimum atomic E-state index is -1.15. The van der Waals surface area contributed by atoms with E-state index in [1.165, 1.54) is 13.2 Å². The summed E-state index contributed by atoms with van der Waals surface area (Å²) in [6, 6.07) is 10.3. The predicted octanol–water partition coefficient (Wildman–Crippen LogP) is 2.78. The van der Waals surface area contributed by atoms with Crippen LogP contribution < -0.4 is 14.8 Å². The van der Waals surface area contributed by atoms with Crippen LogP contribution in [0.3, 0.4) is 0 Å². The molecule has 2 aliphatic rings. The minimum Gasteiger partial charge on any atom is -0.493 e. The van der Waals surface area contributed by atoms with Gasteiger partial charge in [-0.1, -0.05) is 29.8 Å². The Kier molecular flexibility index (Phi) is 9.62. The third-order valence-corrected chi connectivity index (χ3v) is 7.74. The van der Waals surface area contributed by atoms with Gasteiger partial charge in [-0.05, 0) is 66.1 Å². The summed E-state index contributed by atoms with van der Waals surface area (Å²) in [7, 11) is 1.45. The highest BCUT2D eigenvalue weighted by Gasteiger charge is 2.44. The van der Waals surface area contributed by atoms with Crippen molar-refractivity contribution in [2.75, 3.05) is 20.3 Å². The Balaban J connectivity index is 1.71. The monoisotopic (exact) mass is 648 g/mol. The molecule has 1 saturated carbocycles. The van der Waals surface area contributed by atoms with Gasteiger partial charge in [0.15, 0.2) is 11.5 Å². The van der Waals surface area contributed by atoms with Gasteiger partial charge in [0, 0.05) is 36.6 Å². The Morgan fingerprint density at radius 3 is 2.54 bits per heavy atom. The lowest BCUT2D eigenvalue weighted by molar-refractivity contribution is -0.140. The Hall–Kier alpha value is -2.96. The van der Waals surface area contributed by atoms with E-state index in [9.17, 15) is 24.6 Å². The highest BCUT2D eigenvalue weighted by Crippen LogP contribution is 2.38. The number of nitrogens with one attached hydrogen (secondary N) is 1. The van der Waals surface area contributed by atoms with Crippen LogP contribution in [0.15, 0.2) is 48.0 Å². The zero-order valence-electron chi connectivity index (χ0n) is 21.9. The first-order valence-corrected chi connectivity index (χ1v) is 14.0. The zero-order chi connectivity index (χ0) is 28.1. The number of ether oxygens (including phenoxy) is 2. The molecule has 0 unspecified atom stereocenters. The predicted molar refractivity (Wildman–Crippen MR) is 153 cm³/mol. The average molecular weight is 648 g/mol. The number of amides is 2. The van der Waals surface area contributed by atoms with Crippen molar-refractivity contribution in [1.82, 2.24) is 10.2 Å². The number of aliphatic hydroxyl groups excluding tert-OH is 2. The van der Waals surface area contributed by atoms with Crippen molar-refractivity contribution in [3.05, 3.63) is 68.3 Å². The van der Waals surface area contributed by atoms with Gasteiger partial charge < -0.3 is 29.9 Å². The fourth-order valence-electron chi connectivity index (χ4n) is 4.65. The molecule has 39 heavy (non-hydrogen) atoms. The molecule has 9 nitrogen and oxygen atoms in total. The van der Waals surface area contributed by atoms with E-state index in [-0.39, 0.29) is 37.9 Å². The molecule has 0 radical (unpaired) electrons. The van der Waals surface area contributed by atoms with Crippen molar-refractivity contribution in [3.8, 4) is 11.5 Å². The number of carbonyl (C=O) groups is 3. The third-order valence-electron chi connectivity index (χ3n) is 6.94. The van der Waals surface area contributed by atoms with E-state index in [1.807, 2.05) is 53.8 Å². The van der Waals surface area contributed by atoms with Crippen molar-refractivity contribution >= 4 is 40.7 Å². The summed E-state index contributed by atoms with van der Waals surface area (Å²) in [5.41, 5.74) is 2.77. The Morgan fingerprint density at radius 2 is 1.92 bits per heavy atom. The van der Waals surface area contributed by atoms with Crippen LogP contribution in [0, 0.1) is 16.4 Å². The van der Waals surface area contributed by atoms with Crippen LogP contribution in [0.25, 0.3) is 0 Å². The number of aliphatic hydroxyl groups is 2. The summed E-state index contributed by atoms with van der Waals surface area (Å²) in [6.07, 6.45) is 1.84. The van der Waals surface area contributed by atoms with E-state index in [1.54, 1.807) is 17.0 Å². The molecule has 2 aromatic rings. The van der Waals surface area contributed by atoms with Crippen LogP contribution in [0.5, 0.6) is 11.5 Å². The average Bonchev–Trinajstić information content (AvgIpc) is 3.78. The van der Waals surface area contributed by atoms with E-state index in [0.29, 0.717) is 32.5 Å². The number of nitrogens with zero attached hydrogens (tertiary/aromatic N) is 1. The van der Waals surface area contributed by atoms with E-state index >= 15 is 0 Å². The van der Waals surface area contributed by atoms with Crippen molar-refractivity contribution in [3.63, 3.8) is 0 Å². The molecule has 2 aromatic carbocycles. The lowest BCUT2D eigenvalue weighted by Crippen LogP contribution is -2.55. The molecule has 4 rings (SSSR count). The van der Waals surface area contributed by atoms with Gasteiger partial charge in [-0.2, -0.15) is 0 Å². The largest absolute Gasteiger partial charge is 0.493 e. The number of carbonyl (C=O) groups excluding carboxylic acids is 3. The SMILES string of the molecule is COc1cc(C=O)cc(I)c1O[C@H]1C=C(C(=O)NCCO)C[C@@H](N(Cc2ccc(C)cc2)C(=O)C2CC2)[C@@H]1O. The molecule has 0 saturated heterocycles. The summed E-state index contributed by atoms with van der Waals surface area (Å²) in [5.74, 6) is 0.0676. The Morgan fingerprint density at radius 1 is 1.21 bits per heavy atom. The molecule has 3 N–H and O–H groups in total. The number of halogens is 1. The highest BCUT2D eigenvalue weighted by molar-refractivity contribution is 14.1. The minimum absolute atomic E-state index is 0.0575. The number of aryl methyl sites for hydroxylation is 1. The van der Waals surface area contributed by atoms with Gasteiger partial charge in [0.1, 0.15) is 18.5 Å². The van der Waals surface area contributed by atoms with Crippen LogP contribution in [-0.2, 0) is 16.1 Å². The molecule has 0 aromatic heterocycles. The highest BCUT2D eigenvalue weighted by atomic mass is 127. The standard InChI is InChI=1S/C29H33IN2O7/c1-17-3-5-18(6-4-17)15-32(29(37)20-7-8-20)23-13-21(28(36)31-9-10-33)14-24(26(23)35)39-27-22(30)11-19(16-34)12-25(27)38-2/h3-6,11-12,14,16,20,23-24,26,33,35H,7-10,13,15H2,1-2H3,(H,31,36)/t23-,24+,26+/m1/s1. The number of rotatable bonds is 11. The molecule has 0 aliphatic heterocycles. The number of aldehydes is 1. The molecule has 0 bridgehead atoms. The van der Waals surface area contributed by atoms with Gasteiger partial charge in [0.25, 0.3) is 0 Å². The van der Waals surface area contributed by atoms with Crippen molar-refractivity contribution in [2.45, 2.75) is 51.0 Å². The molecule has 10 heteroatoms.